The van der Waals surface area contributed by atoms with Gasteiger partial charge in [0.2, 0.25) is 0 Å². The molecule has 3 rings (SSSR count). The first kappa shape index (κ1) is 17.5. The second kappa shape index (κ2) is 8.16. The van der Waals surface area contributed by atoms with Gasteiger partial charge in [0.15, 0.2) is 0 Å². The van der Waals surface area contributed by atoms with Crippen molar-refractivity contribution in [1.82, 2.24) is 0 Å². The molecule has 0 heterocycles. The fraction of sp³-hybridized carbons (Fsp3) is 0.0952. The summed E-state index contributed by atoms with van der Waals surface area (Å²) in [5, 5.41) is 2.98. The molecular weight excluding hydrogens is 425 g/mol. The zero-order valence-corrected chi connectivity index (χ0v) is 16.0. The number of nitrogens with one attached hydrogen (secondary N) is 1. The second-order valence-corrected chi connectivity index (χ2v) is 6.79. The van der Waals surface area contributed by atoms with Crippen molar-refractivity contribution in [3.8, 4) is 5.75 Å². The predicted octanol–water partition coefficient (Wildman–Crippen LogP) is 5.14. The van der Waals surface area contributed by atoms with E-state index in [4.69, 9.17) is 4.74 Å². The van der Waals surface area contributed by atoms with E-state index >= 15 is 0 Å². The molecule has 0 radical (unpaired) electrons. The van der Waals surface area contributed by atoms with E-state index in [1.54, 1.807) is 7.11 Å². The van der Waals surface area contributed by atoms with Crippen LogP contribution >= 0.6 is 22.6 Å². The third-order valence-corrected chi connectivity index (χ3v) is 4.83. The van der Waals surface area contributed by atoms with E-state index in [0.29, 0.717) is 5.56 Å². The summed E-state index contributed by atoms with van der Waals surface area (Å²) in [6, 6.07) is 23.5. The Balaban J connectivity index is 1.84. The standard InChI is InChI=1S/C21H18INO2/c1-25-20-12-11-17(14-16(20)13-15-7-3-2-4-8-15)23-21(24)18-9-5-6-10-19(18)22/h2-12,14H,13H2,1H3,(H,23,24). The summed E-state index contributed by atoms with van der Waals surface area (Å²) in [5.41, 5.74) is 3.66. The van der Waals surface area contributed by atoms with Gasteiger partial charge in [-0.05, 0) is 58.5 Å². The van der Waals surface area contributed by atoms with Gasteiger partial charge in [0.1, 0.15) is 5.75 Å². The van der Waals surface area contributed by atoms with E-state index in [9.17, 15) is 4.79 Å². The number of halogens is 1. The molecule has 0 saturated carbocycles. The second-order valence-electron chi connectivity index (χ2n) is 5.62. The minimum Gasteiger partial charge on any atom is -0.496 e. The molecule has 1 amide bonds. The van der Waals surface area contributed by atoms with E-state index in [2.05, 4.69) is 40.0 Å². The maximum absolute atomic E-state index is 12.5. The van der Waals surface area contributed by atoms with Crippen LogP contribution in [0.5, 0.6) is 5.75 Å². The van der Waals surface area contributed by atoms with Crippen molar-refractivity contribution in [3.05, 3.63) is 93.1 Å². The van der Waals surface area contributed by atoms with Crippen molar-refractivity contribution in [3.63, 3.8) is 0 Å². The van der Waals surface area contributed by atoms with E-state index in [0.717, 1.165) is 27.0 Å². The maximum atomic E-state index is 12.5. The highest BCUT2D eigenvalue weighted by atomic mass is 127. The van der Waals surface area contributed by atoms with Gasteiger partial charge in [-0.1, -0.05) is 42.5 Å². The zero-order valence-electron chi connectivity index (χ0n) is 13.8. The van der Waals surface area contributed by atoms with Crippen LogP contribution < -0.4 is 10.1 Å². The molecule has 0 bridgehead atoms. The molecule has 3 nitrogen and oxygen atoms in total. The zero-order chi connectivity index (χ0) is 17.6. The van der Waals surface area contributed by atoms with Gasteiger partial charge in [-0.25, -0.2) is 0 Å². The lowest BCUT2D eigenvalue weighted by molar-refractivity contribution is 0.102. The third-order valence-electron chi connectivity index (χ3n) is 3.89. The Bertz CT molecular complexity index is 878. The highest BCUT2D eigenvalue weighted by molar-refractivity contribution is 14.1. The molecule has 0 saturated heterocycles. The molecule has 3 aromatic carbocycles. The van der Waals surface area contributed by atoms with E-state index in [1.165, 1.54) is 5.56 Å². The highest BCUT2D eigenvalue weighted by Crippen LogP contribution is 2.26. The lowest BCUT2D eigenvalue weighted by atomic mass is 10.0. The fourth-order valence-electron chi connectivity index (χ4n) is 2.65. The van der Waals surface area contributed by atoms with Crippen LogP contribution in [-0.4, -0.2) is 13.0 Å². The summed E-state index contributed by atoms with van der Waals surface area (Å²) in [6.07, 6.45) is 0.747. The summed E-state index contributed by atoms with van der Waals surface area (Å²) >= 11 is 2.17. The Morgan fingerprint density at radius 1 is 1.00 bits per heavy atom. The number of benzene rings is 3. The summed E-state index contributed by atoms with van der Waals surface area (Å²) in [4.78, 5) is 12.5. The number of rotatable bonds is 5. The van der Waals surface area contributed by atoms with Crippen molar-refractivity contribution in [2.24, 2.45) is 0 Å². The molecule has 1 N–H and O–H groups in total. The van der Waals surface area contributed by atoms with Gasteiger partial charge in [-0.15, -0.1) is 0 Å². The van der Waals surface area contributed by atoms with Gasteiger partial charge in [-0.3, -0.25) is 4.79 Å². The first-order valence-electron chi connectivity index (χ1n) is 7.94. The number of carbonyl (C=O) groups excluding carboxylic acids is 1. The van der Waals surface area contributed by atoms with Crippen LogP contribution in [0.2, 0.25) is 0 Å². The molecular formula is C21H18INO2. The van der Waals surface area contributed by atoms with E-state index < -0.39 is 0 Å². The number of ether oxygens (including phenoxy) is 1. The number of hydrogen-bond donors (Lipinski definition) is 1. The first-order chi connectivity index (χ1) is 12.2. The van der Waals surface area contributed by atoms with Gasteiger partial charge < -0.3 is 10.1 Å². The Hall–Kier alpha value is -2.34. The molecule has 0 aromatic heterocycles. The predicted molar refractivity (Wildman–Crippen MR) is 109 cm³/mol. The lowest BCUT2D eigenvalue weighted by Crippen LogP contribution is -2.13. The quantitative estimate of drug-likeness (QED) is 0.555. The smallest absolute Gasteiger partial charge is 0.256 e. The summed E-state index contributed by atoms with van der Waals surface area (Å²) in [5.74, 6) is 0.706. The minimum atomic E-state index is -0.110. The van der Waals surface area contributed by atoms with Gasteiger partial charge in [-0.2, -0.15) is 0 Å². The highest BCUT2D eigenvalue weighted by Gasteiger charge is 2.11. The number of carbonyl (C=O) groups is 1. The van der Waals surface area contributed by atoms with Crippen molar-refractivity contribution in [2.75, 3.05) is 12.4 Å². The van der Waals surface area contributed by atoms with Crippen LogP contribution in [-0.2, 0) is 6.42 Å². The maximum Gasteiger partial charge on any atom is 0.256 e. The molecule has 0 aliphatic carbocycles. The Labute approximate surface area is 161 Å². The summed E-state index contributed by atoms with van der Waals surface area (Å²) in [6.45, 7) is 0. The molecule has 0 unspecified atom stereocenters. The SMILES string of the molecule is COc1ccc(NC(=O)c2ccccc2I)cc1Cc1ccccc1. The molecule has 126 valence electrons. The molecule has 0 fully saturated rings. The molecule has 0 aliphatic heterocycles. The molecule has 3 aromatic rings. The Morgan fingerprint density at radius 2 is 1.72 bits per heavy atom. The van der Waals surface area contributed by atoms with Crippen LogP contribution in [0.25, 0.3) is 0 Å². The third kappa shape index (κ3) is 4.39. The minimum absolute atomic E-state index is 0.110. The molecule has 4 heteroatoms. The van der Waals surface area contributed by atoms with Crippen molar-refractivity contribution in [2.45, 2.75) is 6.42 Å². The van der Waals surface area contributed by atoms with E-state index in [-0.39, 0.29) is 5.91 Å². The van der Waals surface area contributed by atoms with Crippen LogP contribution in [0.1, 0.15) is 21.5 Å². The largest absolute Gasteiger partial charge is 0.496 e. The van der Waals surface area contributed by atoms with Gasteiger partial charge in [0, 0.05) is 21.2 Å². The van der Waals surface area contributed by atoms with E-state index in [1.807, 2.05) is 60.7 Å². The topological polar surface area (TPSA) is 38.3 Å². The number of methoxy groups -OCH3 is 1. The average molecular weight is 443 g/mol. The van der Waals surface area contributed by atoms with Crippen LogP contribution in [0.3, 0.4) is 0 Å². The normalized spacial score (nSPS) is 10.3. The lowest BCUT2D eigenvalue weighted by Gasteiger charge is -2.12. The number of amides is 1. The van der Waals surface area contributed by atoms with Crippen LogP contribution in [0, 0.1) is 3.57 Å². The summed E-state index contributed by atoms with van der Waals surface area (Å²) in [7, 11) is 1.66. The molecule has 25 heavy (non-hydrogen) atoms. The monoisotopic (exact) mass is 443 g/mol. The number of hydrogen-bond acceptors (Lipinski definition) is 2. The molecule has 0 atom stereocenters. The van der Waals surface area contributed by atoms with Crippen molar-refractivity contribution in [1.29, 1.82) is 0 Å². The van der Waals surface area contributed by atoms with Crippen LogP contribution in [0.4, 0.5) is 5.69 Å². The van der Waals surface area contributed by atoms with Crippen molar-refractivity contribution >= 4 is 34.2 Å². The van der Waals surface area contributed by atoms with Crippen molar-refractivity contribution < 1.29 is 9.53 Å². The molecule has 0 spiro atoms. The van der Waals surface area contributed by atoms with Gasteiger partial charge in [0.05, 0.1) is 12.7 Å². The van der Waals surface area contributed by atoms with Gasteiger partial charge in [0.25, 0.3) is 5.91 Å². The summed E-state index contributed by atoms with van der Waals surface area (Å²) < 4.78 is 6.39. The average Bonchev–Trinajstić information content (AvgIpc) is 2.63. The van der Waals surface area contributed by atoms with Crippen LogP contribution in [0.15, 0.2) is 72.8 Å². The Morgan fingerprint density at radius 3 is 2.44 bits per heavy atom. The number of anilines is 1. The van der Waals surface area contributed by atoms with Gasteiger partial charge >= 0.3 is 0 Å². The molecule has 0 aliphatic rings. The fourth-order valence-corrected chi connectivity index (χ4v) is 3.29. The Kier molecular flexibility index (Phi) is 5.71. The first-order valence-corrected chi connectivity index (χ1v) is 9.02.